The van der Waals surface area contributed by atoms with Crippen LogP contribution in [0.15, 0.2) is 72.8 Å². The van der Waals surface area contributed by atoms with Crippen LogP contribution in [0.3, 0.4) is 0 Å². The SMILES string of the molecule is COc1cc(-c2ccc(OC(F)(F)F)cc2)ccc1NCCCCc1ccccc1. The topological polar surface area (TPSA) is 30.5 Å². The van der Waals surface area contributed by atoms with Crippen molar-refractivity contribution >= 4 is 5.69 Å². The Labute approximate surface area is 174 Å². The Hall–Kier alpha value is -3.15. The van der Waals surface area contributed by atoms with Gasteiger partial charge in [-0.2, -0.15) is 0 Å². The first-order chi connectivity index (χ1) is 14.4. The number of hydrogen-bond donors (Lipinski definition) is 1. The molecule has 0 atom stereocenters. The fourth-order valence-electron chi connectivity index (χ4n) is 3.19. The van der Waals surface area contributed by atoms with E-state index in [0.717, 1.165) is 42.6 Å². The van der Waals surface area contributed by atoms with Crippen molar-refractivity contribution in [3.05, 3.63) is 78.4 Å². The number of halogens is 3. The van der Waals surface area contributed by atoms with Crippen LogP contribution < -0.4 is 14.8 Å². The second kappa shape index (κ2) is 10.1. The Balaban J connectivity index is 1.56. The number of methoxy groups -OCH3 is 1. The van der Waals surface area contributed by atoms with E-state index < -0.39 is 6.36 Å². The van der Waals surface area contributed by atoms with Crippen LogP contribution in [-0.4, -0.2) is 20.0 Å². The molecule has 0 aliphatic carbocycles. The van der Waals surface area contributed by atoms with Crippen LogP contribution in [0.2, 0.25) is 0 Å². The van der Waals surface area contributed by atoms with Crippen LogP contribution in [0, 0.1) is 0 Å². The molecular formula is C24H24F3NO2. The average molecular weight is 415 g/mol. The fourth-order valence-corrected chi connectivity index (χ4v) is 3.19. The molecule has 30 heavy (non-hydrogen) atoms. The summed E-state index contributed by atoms with van der Waals surface area (Å²) in [6.45, 7) is 0.825. The van der Waals surface area contributed by atoms with Crippen molar-refractivity contribution < 1.29 is 22.6 Å². The van der Waals surface area contributed by atoms with Crippen LogP contribution in [0.4, 0.5) is 18.9 Å². The van der Waals surface area contributed by atoms with E-state index in [-0.39, 0.29) is 5.75 Å². The number of benzene rings is 3. The Morgan fingerprint density at radius 3 is 2.20 bits per heavy atom. The number of hydrogen-bond acceptors (Lipinski definition) is 3. The maximum absolute atomic E-state index is 12.3. The molecule has 0 saturated carbocycles. The molecule has 3 aromatic rings. The van der Waals surface area contributed by atoms with Gasteiger partial charge in [-0.1, -0.05) is 48.5 Å². The molecule has 3 nitrogen and oxygen atoms in total. The van der Waals surface area contributed by atoms with E-state index in [0.29, 0.717) is 5.75 Å². The third-order valence-electron chi connectivity index (χ3n) is 4.67. The minimum absolute atomic E-state index is 0.244. The molecule has 158 valence electrons. The van der Waals surface area contributed by atoms with Gasteiger partial charge in [-0.05, 0) is 60.2 Å². The van der Waals surface area contributed by atoms with Gasteiger partial charge in [0, 0.05) is 6.54 Å². The summed E-state index contributed by atoms with van der Waals surface area (Å²) in [5.41, 5.74) is 3.85. The summed E-state index contributed by atoms with van der Waals surface area (Å²) < 4.78 is 46.3. The van der Waals surface area contributed by atoms with E-state index in [4.69, 9.17) is 4.74 Å². The van der Waals surface area contributed by atoms with E-state index in [9.17, 15) is 13.2 Å². The van der Waals surface area contributed by atoms with Crippen LogP contribution in [0.1, 0.15) is 18.4 Å². The molecule has 1 N–H and O–H groups in total. The lowest BCUT2D eigenvalue weighted by atomic mass is 10.0. The van der Waals surface area contributed by atoms with Crippen molar-refractivity contribution in [3.63, 3.8) is 0 Å². The summed E-state index contributed by atoms with van der Waals surface area (Å²) in [5, 5.41) is 3.39. The summed E-state index contributed by atoms with van der Waals surface area (Å²) >= 11 is 0. The molecule has 0 saturated heterocycles. The van der Waals surface area contributed by atoms with Gasteiger partial charge in [-0.25, -0.2) is 0 Å². The van der Waals surface area contributed by atoms with E-state index >= 15 is 0 Å². The zero-order chi connectivity index (χ0) is 21.4. The molecule has 3 rings (SSSR count). The highest BCUT2D eigenvalue weighted by molar-refractivity contribution is 5.71. The van der Waals surface area contributed by atoms with Crippen molar-refractivity contribution in [2.45, 2.75) is 25.6 Å². The molecule has 0 aromatic heterocycles. The first-order valence-electron chi connectivity index (χ1n) is 9.76. The lowest BCUT2D eigenvalue weighted by molar-refractivity contribution is -0.274. The molecule has 0 amide bonds. The van der Waals surface area contributed by atoms with Crippen LogP contribution >= 0.6 is 0 Å². The van der Waals surface area contributed by atoms with Gasteiger partial charge in [0.1, 0.15) is 11.5 Å². The molecule has 0 aliphatic rings. The summed E-state index contributed by atoms with van der Waals surface area (Å²) in [7, 11) is 1.60. The Morgan fingerprint density at radius 1 is 0.833 bits per heavy atom. The summed E-state index contributed by atoms with van der Waals surface area (Å²) in [6, 6.07) is 21.9. The molecule has 0 heterocycles. The molecule has 0 aliphatic heterocycles. The molecule has 0 unspecified atom stereocenters. The van der Waals surface area contributed by atoms with Gasteiger partial charge in [0.2, 0.25) is 0 Å². The highest BCUT2D eigenvalue weighted by Crippen LogP contribution is 2.32. The van der Waals surface area contributed by atoms with Crippen molar-refractivity contribution in [3.8, 4) is 22.6 Å². The number of unbranched alkanes of at least 4 members (excludes halogenated alkanes) is 1. The molecule has 0 fully saturated rings. The number of anilines is 1. The zero-order valence-electron chi connectivity index (χ0n) is 16.7. The highest BCUT2D eigenvalue weighted by atomic mass is 19.4. The fraction of sp³-hybridized carbons (Fsp3) is 0.250. The first-order valence-corrected chi connectivity index (χ1v) is 9.76. The lowest BCUT2D eigenvalue weighted by Gasteiger charge is -2.14. The first kappa shape index (κ1) is 21.6. The Kier molecular flexibility index (Phi) is 7.22. The largest absolute Gasteiger partial charge is 0.573 e. The molecular weight excluding hydrogens is 391 g/mol. The third-order valence-corrected chi connectivity index (χ3v) is 4.67. The van der Waals surface area contributed by atoms with Gasteiger partial charge in [0.25, 0.3) is 0 Å². The normalized spacial score (nSPS) is 11.2. The average Bonchev–Trinajstić information content (AvgIpc) is 2.74. The third kappa shape index (κ3) is 6.44. The molecule has 6 heteroatoms. The standard InChI is InChI=1S/C24H24F3NO2/c1-29-23-17-20(19-10-13-21(14-11-19)30-24(25,26)27)12-15-22(23)28-16-6-5-9-18-7-3-2-4-8-18/h2-4,7-8,10-15,17,28H,5-6,9,16H2,1H3. The number of rotatable bonds is 9. The lowest BCUT2D eigenvalue weighted by Crippen LogP contribution is -2.16. The van der Waals surface area contributed by atoms with E-state index in [2.05, 4.69) is 34.3 Å². The van der Waals surface area contributed by atoms with Gasteiger partial charge in [-0.15, -0.1) is 13.2 Å². The Morgan fingerprint density at radius 2 is 1.53 bits per heavy atom. The van der Waals surface area contributed by atoms with Crippen LogP contribution in [0.25, 0.3) is 11.1 Å². The maximum Gasteiger partial charge on any atom is 0.573 e. The van der Waals surface area contributed by atoms with Crippen molar-refractivity contribution in [1.29, 1.82) is 0 Å². The van der Waals surface area contributed by atoms with Crippen LogP contribution in [0.5, 0.6) is 11.5 Å². The molecule has 0 radical (unpaired) electrons. The second-order valence-electron chi connectivity index (χ2n) is 6.86. The van der Waals surface area contributed by atoms with Gasteiger partial charge in [-0.3, -0.25) is 0 Å². The van der Waals surface area contributed by atoms with Gasteiger partial charge < -0.3 is 14.8 Å². The van der Waals surface area contributed by atoms with Crippen LogP contribution in [-0.2, 0) is 6.42 Å². The van der Waals surface area contributed by atoms with Crippen molar-refractivity contribution in [1.82, 2.24) is 0 Å². The van der Waals surface area contributed by atoms with Gasteiger partial charge >= 0.3 is 6.36 Å². The number of ether oxygens (including phenoxy) is 2. The number of alkyl halides is 3. The minimum atomic E-state index is -4.70. The van der Waals surface area contributed by atoms with E-state index in [1.165, 1.54) is 17.7 Å². The predicted molar refractivity (Wildman–Crippen MR) is 113 cm³/mol. The summed E-state index contributed by atoms with van der Waals surface area (Å²) in [6.07, 6.45) is -1.53. The number of nitrogens with one attached hydrogen (secondary N) is 1. The molecule has 3 aromatic carbocycles. The number of aryl methyl sites for hydroxylation is 1. The smallest absolute Gasteiger partial charge is 0.495 e. The zero-order valence-corrected chi connectivity index (χ0v) is 16.7. The Bertz CT molecular complexity index is 925. The predicted octanol–water partition coefficient (Wildman–Crippen LogP) is 6.70. The second-order valence-corrected chi connectivity index (χ2v) is 6.86. The quantitative estimate of drug-likeness (QED) is 0.395. The van der Waals surface area contributed by atoms with Crippen molar-refractivity contribution in [2.75, 3.05) is 19.0 Å². The molecule has 0 spiro atoms. The van der Waals surface area contributed by atoms with Gasteiger partial charge in [0.15, 0.2) is 0 Å². The van der Waals surface area contributed by atoms with Gasteiger partial charge in [0.05, 0.1) is 12.8 Å². The minimum Gasteiger partial charge on any atom is -0.495 e. The van der Waals surface area contributed by atoms with E-state index in [1.807, 2.05) is 24.3 Å². The summed E-state index contributed by atoms with van der Waals surface area (Å²) in [5.74, 6) is 0.443. The summed E-state index contributed by atoms with van der Waals surface area (Å²) in [4.78, 5) is 0. The van der Waals surface area contributed by atoms with E-state index in [1.54, 1.807) is 19.2 Å². The van der Waals surface area contributed by atoms with Crippen molar-refractivity contribution in [2.24, 2.45) is 0 Å². The monoisotopic (exact) mass is 415 g/mol. The molecule has 0 bridgehead atoms. The maximum atomic E-state index is 12.3. The highest BCUT2D eigenvalue weighted by Gasteiger charge is 2.30.